The van der Waals surface area contributed by atoms with Crippen LogP contribution in [0.15, 0.2) is 120 Å². The molecule has 0 aliphatic carbocycles. The number of carboxylic acid groups (broad SMARTS) is 1. The molecule has 196 valence electrons. The second kappa shape index (κ2) is 11.4. The monoisotopic (exact) mass is 579 g/mol. The maximum Gasteiger partial charge on any atom is 0.321 e. The van der Waals surface area contributed by atoms with Crippen molar-refractivity contribution in [3.05, 3.63) is 142 Å². The van der Waals surface area contributed by atoms with Gasteiger partial charge >= 0.3 is 5.97 Å². The van der Waals surface area contributed by atoms with Gasteiger partial charge in [-0.15, -0.1) is 0 Å². The lowest BCUT2D eigenvalue weighted by Gasteiger charge is -2.39. The van der Waals surface area contributed by atoms with E-state index < -0.39 is 17.6 Å². The first-order valence-electron chi connectivity index (χ1n) is 12.8. The van der Waals surface area contributed by atoms with Crippen molar-refractivity contribution in [2.24, 2.45) is 0 Å². The van der Waals surface area contributed by atoms with Crippen LogP contribution in [0.4, 0.5) is 5.69 Å². The van der Waals surface area contributed by atoms with E-state index in [4.69, 9.17) is 0 Å². The average Bonchev–Trinajstić information content (AvgIpc) is 2.97. The Morgan fingerprint density at radius 3 is 1.85 bits per heavy atom. The number of nitrogens with one attached hydrogen (secondary N) is 1. The number of halogens is 1. The summed E-state index contributed by atoms with van der Waals surface area (Å²) in [5.74, 6) is -0.921. The van der Waals surface area contributed by atoms with Gasteiger partial charge in [-0.2, -0.15) is 0 Å². The van der Waals surface area contributed by atoms with Crippen LogP contribution in [0.5, 0.6) is 0 Å². The Labute approximate surface area is 237 Å². The van der Waals surface area contributed by atoms with Gasteiger partial charge in [0.1, 0.15) is 6.04 Å². The number of carbonyl (C=O) groups is 1. The zero-order chi connectivity index (χ0) is 27.4. The van der Waals surface area contributed by atoms with Crippen molar-refractivity contribution in [1.82, 2.24) is 10.3 Å². The van der Waals surface area contributed by atoms with Crippen molar-refractivity contribution in [1.29, 1.82) is 0 Å². The molecule has 0 saturated heterocycles. The van der Waals surface area contributed by atoms with E-state index in [9.17, 15) is 9.90 Å². The lowest BCUT2D eigenvalue weighted by atomic mass is 9.76. The average molecular weight is 581 g/mol. The summed E-state index contributed by atoms with van der Waals surface area (Å²) in [7, 11) is 3.94. The molecule has 1 atom stereocenters. The van der Waals surface area contributed by atoms with Crippen molar-refractivity contribution in [3.8, 4) is 0 Å². The van der Waals surface area contributed by atoms with E-state index in [1.165, 1.54) is 0 Å². The molecule has 0 spiro atoms. The van der Waals surface area contributed by atoms with Crippen molar-refractivity contribution in [2.75, 3.05) is 19.0 Å². The number of rotatable bonds is 9. The van der Waals surface area contributed by atoms with E-state index in [0.717, 1.165) is 43.3 Å². The minimum Gasteiger partial charge on any atom is -0.480 e. The third-order valence-corrected chi connectivity index (χ3v) is 7.77. The first-order chi connectivity index (χ1) is 18.9. The number of anilines is 1. The first kappa shape index (κ1) is 26.6. The summed E-state index contributed by atoms with van der Waals surface area (Å²) in [5.41, 5.74) is 4.66. The van der Waals surface area contributed by atoms with Gasteiger partial charge in [0.05, 0.1) is 22.9 Å². The smallest absolute Gasteiger partial charge is 0.321 e. The summed E-state index contributed by atoms with van der Waals surface area (Å²) < 4.78 is 0.874. The van der Waals surface area contributed by atoms with Gasteiger partial charge in [0.25, 0.3) is 0 Å². The van der Waals surface area contributed by atoms with E-state index in [2.05, 4.69) is 32.3 Å². The summed E-state index contributed by atoms with van der Waals surface area (Å²) in [5, 5.41) is 15.2. The normalized spacial score (nSPS) is 12.3. The molecule has 0 saturated carbocycles. The van der Waals surface area contributed by atoms with Crippen LogP contribution < -0.4 is 10.2 Å². The van der Waals surface area contributed by atoms with Gasteiger partial charge in [-0.1, -0.05) is 97.1 Å². The molecular weight excluding hydrogens is 550 g/mol. The number of hydrogen-bond donors (Lipinski definition) is 2. The van der Waals surface area contributed by atoms with Gasteiger partial charge in [-0.3, -0.25) is 15.1 Å². The molecule has 0 aliphatic rings. The fourth-order valence-corrected chi connectivity index (χ4v) is 5.60. The molecule has 6 heteroatoms. The van der Waals surface area contributed by atoms with E-state index in [1.54, 1.807) is 0 Å². The van der Waals surface area contributed by atoms with Crippen LogP contribution in [0.2, 0.25) is 0 Å². The number of aromatic nitrogens is 1. The Kier molecular flexibility index (Phi) is 7.77. The molecule has 2 N–H and O–H groups in total. The predicted octanol–water partition coefficient (Wildman–Crippen LogP) is 6.64. The maximum atomic E-state index is 13.0. The molecule has 0 radical (unpaired) electrons. The quantitative estimate of drug-likeness (QED) is 0.192. The number of hydrogen-bond acceptors (Lipinski definition) is 4. The van der Waals surface area contributed by atoms with Crippen LogP contribution >= 0.6 is 15.9 Å². The topological polar surface area (TPSA) is 65.5 Å². The number of fused-ring (bicyclic) bond motifs is 1. The Morgan fingerprint density at radius 2 is 1.38 bits per heavy atom. The molecule has 1 aromatic heterocycles. The second-order valence-electron chi connectivity index (χ2n) is 9.78. The minimum atomic E-state index is -0.921. The Balaban J connectivity index is 1.68. The fraction of sp³-hybridized carbons (Fsp3) is 0.152. The largest absolute Gasteiger partial charge is 0.480 e. The summed E-state index contributed by atoms with van der Waals surface area (Å²) in [6.45, 7) is 0. The highest BCUT2D eigenvalue weighted by Crippen LogP contribution is 2.38. The van der Waals surface area contributed by atoms with Crippen LogP contribution in [-0.4, -0.2) is 36.2 Å². The van der Waals surface area contributed by atoms with Gasteiger partial charge in [0.2, 0.25) is 0 Å². The molecule has 0 fully saturated rings. The Bertz CT molecular complexity index is 1480. The van der Waals surface area contributed by atoms with Crippen LogP contribution in [0.3, 0.4) is 0 Å². The molecule has 4 aromatic carbocycles. The van der Waals surface area contributed by atoms with Crippen molar-refractivity contribution < 1.29 is 9.90 Å². The van der Waals surface area contributed by atoms with E-state index in [1.807, 2.05) is 128 Å². The Hall–Kier alpha value is -4.00. The number of carboxylic acids is 1. The summed E-state index contributed by atoms with van der Waals surface area (Å²) in [6.07, 6.45) is 2.10. The number of pyridine rings is 1. The zero-order valence-electron chi connectivity index (χ0n) is 21.9. The van der Waals surface area contributed by atoms with Crippen molar-refractivity contribution in [2.45, 2.75) is 18.0 Å². The molecule has 1 heterocycles. The third-order valence-electron chi connectivity index (χ3n) is 7.13. The number of aliphatic carboxylic acids is 1. The number of nitrogens with zero attached hydrogens (tertiary/aromatic N) is 2. The fourth-order valence-electron chi connectivity index (χ4n) is 5.15. The van der Waals surface area contributed by atoms with Gasteiger partial charge in [-0.25, -0.2) is 0 Å². The predicted molar refractivity (Wildman–Crippen MR) is 161 cm³/mol. The second-order valence-corrected chi connectivity index (χ2v) is 10.6. The Morgan fingerprint density at radius 1 is 0.872 bits per heavy atom. The van der Waals surface area contributed by atoms with Gasteiger partial charge in [0.15, 0.2) is 0 Å². The van der Waals surface area contributed by atoms with Crippen molar-refractivity contribution >= 4 is 38.5 Å². The van der Waals surface area contributed by atoms with Gasteiger partial charge < -0.3 is 10.0 Å². The van der Waals surface area contributed by atoms with Crippen LogP contribution in [-0.2, 0) is 16.8 Å². The van der Waals surface area contributed by atoms with E-state index in [0.29, 0.717) is 0 Å². The molecular formula is C33H30BrN3O2. The highest BCUT2D eigenvalue weighted by atomic mass is 79.9. The summed E-state index contributed by atoms with van der Waals surface area (Å²) >= 11 is 3.62. The molecule has 5 aromatic rings. The molecule has 0 aliphatic heterocycles. The molecule has 0 unspecified atom stereocenters. The van der Waals surface area contributed by atoms with E-state index >= 15 is 0 Å². The van der Waals surface area contributed by atoms with Gasteiger partial charge in [-0.05, 0) is 56.7 Å². The standard InChI is InChI=1S/C33H30BrN3O2/c1-37(2)27-21-28-23(18-19-29(34)31(28)35-22-27)20-30(32(38)39)36-33(24-12-6-3-7-13-24,25-14-8-4-9-15-25)26-16-10-5-11-17-26/h3-19,21-22,30,36H,20H2,1-2H3,(H,38,39)/t30-/m0/s1. The van der Waals surface area contributed by atoms with Crippen LogP contribution in [0, 0.1) is 0 Å². The summed E-state index contributed by atoms with van der Waals surface area (Å²) in [6, 6.07) is 35.3. The lowest BCUT2D eigenvalue weighted by Crippen LogP contribution is -2.53. The number of benzene rings is 4. The molecule has 0 bridgehead atoms. The lowest BCUT2D eigenvalue weighted by molar-refractivity contribution is -0.139. The molecule has 39 heavy (non-hydrogen) atoms. The zero-order valence-corrected chi connectivity index (χ0v) is 23.5. The van der Waals surface area contributed by atoms with Crippen molar-refractivity contribution in [3.63, 3.8) is 0 Å². The SMILES string of the molecule is CN(C)c1cnc2c(Br)ccc(C[C@H](NC(c3ccccc3)(c3ccccc3)c3ccccc3)C(=O)O)c2c1. The highest BCUT2D eigenvalue weighted by molar-refractivity contribution is 9.10. The van der Waals surface area contributed by atoms with Crippen LogP contribution in [0.25, 0.3) is 10.9 Å². The summed E-state index contributed by atoms with van der Waals surface area (Å²) in [4.78, 5) is 19.6. The first-order valence-corrected chi connectivity index (χ1v) is 13.6. The molecule has 5 nitrogen and oxygen atoms in total. The maximum absolute atomic E-state index is 13.0. The molecule has 0 amide bonds. The van der Waals surface area contributed by atoms with E-state index in [-0.39, 0.29) is 6.42 Å². The minimum absolute atomic E-state index is 0.270. The van der Waals surface area contributed by atoms with Gasteiger partial charge in [0, 0.05) is 24.0 Å². The van der Waals surface area contributed by atoms with Crippen LogP contribution in [0.1, 0.15) is 22.3 Å². The molecule has 5 rings (SSSR count). The third kappa shape index (κ3) is 5.31. The highest BCUT2D eigenvalue weighted by Gasteiger charge is 2.40.